The van der Waals surface area contributed by atoms with Crippen molar-refractivity contribution in [1.82, 2.24) is 0 Å². The highest BCUT2D eigenvalue weighted by atomic mass is 16.6. The number of aryl methyl sites for hydroxylation is 1. The van der Waals surface area contributed by atoms with E-state index in [1.165, 1.54) is 25.3 Å². The number of fused-ring (bicyclic) bond motifs is 1. The third-order valence-electron chi connectivity index (χ3n) is 2.39. The van der Waals surface area contributed by atoms with Crippen LogP contribution in [0.1, 0.15) is 5.56 Å². The largest absolute Gasteiger partial charge is 0.493 e. The van der Waals surface area contributed by atoms with E-state index in [1.54, 1.807) is 6.92 Å². The van der Waals surface area contributed by atoms with E-state index in [0.29, 0.717) is 10.9 Å². The first-order chi connectivity index (χ1) is 8.02. The average Bonchev–Trinajstić information content (AvgIpc) is 2.29. The first-order valence-corrected chi connectivity index (χ1v) is 4.80. The van der Waals surface area contributed by atoms with Crippen LogP contribution in [0.4, 0.5) is 5.69 Å². The van der Waals surface area contributed by atoms with Gasteiger partial charge in [-0.25, -0.2) is 4.79 Å². The predicted molar refractivity (Wildman–Crippen MR) is 60.4 cm³/mol. The summed E-state index contributed by atoms with van der Waals surface area (Å²) in [5, 5.41) is 11.2. The molecule has 0 spiro atoms. The molecule has 0 aliphatic rings. The van der Waals surface area contributed by atoms with Crippen molar-refractivity contribution in [1.29, 1.82) is 0 Å². The van der Waals surface area contributed by atoms with Crippen molar-refractivity contribution in [3.05, 3.63) is 44.3 Å². The fourth-order valence-electron chi connectivity index (χ4n) is 1.55. The minimum Gasteiger partial charge on any atom is -0.493 e. The first-order valence-electron chi connectivity index (χ1n) is 4.80. The molecule has 0 fully saturated rings. The van der Waals surface area contributed by atoms with Crippen molar-refractivity contribution in [3.63, 3.8) is 0 Å². The lowest BCUT2D eigenvalue weighted by Crippen LogP contribution is -2.03. The van der Waals surface area contributed by atoms with Crippen molar-refractivity contribution >= 4 is 16.7 Å². The molecule has 0 N–H and O–H groups in total. The van der Waals surface area contributed by atoms with Crippen LogP contribution >= 0.6 is 0 Å². The van der Waals surface area contributed by atoms with E-state index in [4.69, 9.17) is 9.15 Å². The molecular weight excluding hydrogens is 226 g/mol. The predicted octanol–water partition coefficient (Wildman–Crippen LogP) is 2.02. The molecule has 17 heavy (non-hydrogen) atoms. The van der Waals surface area contributed by atoms with Gasteiger partial charge in [-0.2, -0.15) is 0 Å². The van der Waals surface area contributed by atoms with Crippen LogP contribution in [0.25, 0.3) is 11.0 Å². The van der Waals surface area contributed by atoms with Crippen molar-refractivity contribution in [3.8, 4) is 5.75 Å². The summed E-state index contributed by atoms with van der Waals surface area (Å²) in [6.45, 7) is 1.58. The number of ether oxygens (including phenoxy) is 1. The standard InChI is InChI=1S/C11H9NO5/c1-6-3-7-4-8(12(14)15)5-9(16-2)10(7)17-11(6)13/h3-5H,1-2H3. The maximum atomic E-state index is 11.4. The first kappa shape index (κ1) is 11.1. The fraction of sp³-hybridized carbons (Fsp3) is 0.182. The van der Waals surface area contributed by atoms with Crippen molar-refractivity contribution in [2.45, 2.75) is 6.92 Å². The number of hydrogen-bond donors (Lipinski definition) is 0. The molecule has 1 heterocycles. The summed E-state index contributed by atoms with van der Waals surface area (Å²) in [7, 11) is 1.36. The molecule has 0 radical (unpaired) electrons. The van der Waals surface area contributed by atoms with Gasteiger partial charge in [0.1, 0.15) is 0 Å². The van der Waals surface area contributed by atoms with Gasteiger partial charge in [0, 0.05) is 17.0 Å². The second-order valence-electron chi connectivity index (χ2n) is 3.54. The van der Waals surface area contributed by atoms with Crippen LogP contribution in [-0.2, 0) is 0 Å². The number of nitro groups is 1. The highest BCUT2D eigenvalue weighted by molar-refractivity contribution is 5.85. The Bertz CT molecular complexity index is 659. The fourth-order valence-corrected chi connectivity index (χ4v) is 1.55. The molecule has 1 aromatic heterocycles. The van der Waals surface area contributed by atoms with E-state index in [0.717, 1.165) is 0 Å². The molecule has 0 saturated carbocycles. The number of non-ortho nitro benzene ring substituents is 1. The van der Waals surface area contributed by atoms with E-state index in [2.05, 4.69) is 0 Å². The Morgan fingerprint density at radius 1 is 1.35 bits per heavy atom. The Morgan fingerprint density at radius 2 is 2.06 bits per heavy atom. The lowest BCUT2D eigenvalue weighted by molar-refractivity contribution is -0.384. The summed E-state index contributed by atoms with van der Waals surface area (Å²) < 4.78 is 10.0. The van der Waals surface area contributed by atoms with E-state index >= 15 is 0 Å². The number of nitrogens with zero attached hydrogens (tertiary/aromatic N) is 1. The van der Waals surface area contributed by atoms with E-state index in [9.17, 15) is 14.9 Å². The van der Waals surface area contributed by atoms with Crippen LogP contribution in [0.3, 0.4) is 0 Å². The molecule has 6 nitrogen and oxygen atoms in total. The number of methoxy groups -OCH3 is 1. The Hall–Kier alpha value is -2.37. The molecule has 0 aliphatic carbocycles. The highest BCUT2D eigenvalue weighted by Gasteiger charge is 2.15. The van der Waals surface area contributed by atoms with Gasteiger partial charge < -0.3 is 9.15 Å². The third kappa shape index (κ3) is 1.84. The molecule has 0 atom stereocenters. The lowest BCUT2D eigenvalue weighted by Gasteiger charge is -2.04. The van der Waals surface area contributed by atoms with Gasteiger partial charge in [-0.05, 0) is 13.0 Å². The monoisotopic (exact) mass is 235 g/mol. The zero-order valence-electron chi connectivity index (χ0n) is 9.22. The molecule has 0 aliphatic heterocycles. The summed E-state index contributed by atoms with van der Waals surface area (Å²) in [4.78, 5) is 21.6. The lowest BCUT2D eigenvalue weighted by atomic mass is 10.1. The zero-order chi connectivity index (χ0) is 12.6. The van der Waals surface area contributed by atoms with Gasteiger partial charge in [0.15, 0.2) is 11.3 Å². The maximum absolute atomic E-state index is 11.4. The van der Waals surface area contributed by atoms with Crippen LogP contribution in [0, 0.1) is 17.0 Å². The quantitative estimate of drug-likeness (QED) is 0.451. The Balaban J connectivity index is 2.87. The van der Waals surface area contributed by atoms with Crippen molar-refractivity contribution < 1.29 is 14.1 Å². The van der Waals surface area contributed by atoms with Crippen LogP contribution in [-0.4, -0.2) is 12.0 Å². The number of nitro benzene ring substituents is 1. The van der Waals surface area contributed by atoms with Crippen LogP contribution in [0.15, 0.2) is 27.4 Å². The molecule has 2 rings (SSSR count). The van der Waals surface area contributed by atoms with Crippen molar-refractivity contribution in [2.24, 2.45) is 0 Å². The van der Waals surface area contributed by atoms with Crippen LogP contribution < -0.4 is 10.4 Å². The Kier molecular flexibility index (Phi) is 2.55. The second-order valence-corrected chi connectivity index (χ2v) is 3.54. The Morgan fingerprint density at radius 3 is 2.65 bits per heavy atom. The minimum absolute atomic E-state index is 0.109. The van der Waals surface area contributed by atoms with Gasteiger partial charge in [0.2, 0.25) is 0 Å². The second kappa shape index (κ2) is 3.89. The van der Waals surface area contributed by atoms with Gasteiger partial charge in [0.25, 0.3) is 5.69 Å². The molecule has 0 bridgehead atoms. The van der Waals surface area contributed by atoms with Crippen LogP contribution in [0.5, 0.6) is 5.75 Å². The SMILES string of the molecule is COc1cc([N+](=O)[O-])cc2cc(C)c(=O)oc12. The summed E-state index contributed by atoms with van der Waals surface area (Å²) in [5.74, 6) is 0.173. The molecule has 6 heteroatoms. The minimum atomic E-state index is -0.525. The van der Waals surface area contributed by atoms with E-state index in [-0.39, 0.29) is 17.0 Å². The normalized spacial score (nSPS) is 10.5. The van der Waals surface area contributed by atoms with Gasteiger partial charge in [-0.3, -0.25) is 10.1 Å². The Labute approximate surface area is 95.6 Å². The molecule has 88 valence electrons. The van der Waals surface area contributed by atoms with Gasteiger partial charge in [-0.1, -0.05) is 0 Å². The number of hydrogen-bond acceptors (Lipinski definition) is 5. The van der Waals surface area contributed by atoms with Gasteiger partial charge >= 0.3 is 5.63 Å². The van der Waals surface area contributed by atoms with Gasteiger partial charge in [-0.15, -0.1) is 0 Å². The summed E-state index contributed by atoms with van der Waals surface area (Å²) in [5.41, 5.74) is 0.0148. The zero-order valence-corrected chi connectivity index (χ0v) is 9.22. The average molecular weight is 235 g/mol. The maximum Gasteiger partial charge on any atom is 0.339 e. The molecule has 0 amide bonds. The van der Waals surface area contributed by atoms with Gasteiger partial charge in [0.05, 0.1) is 18.1 Å². The topological polar surface area (TPSA) is 82.6 Å². The molecule has 0 saturated heterocycles. The summed E-state index contributed by atoms with van der Waals surface area (Å²) >= 11 is 0. The van der Waals surface area contributed by atoms with E-state index < -0.39 is 10.5 Å². The van der Waals surface area contributed by atoms with Crippen molar-refractivity contribution in [2.75, 3.05) is 7.11 Å². The number of rotatable bonds is 2. The highest BCUT2D eigenvalue weighted by Crippen LogP contribution is 2.30. The summed E-state index contributed by atoms with van der Waals surface area (Å²) in [6, 6.07) is 4.10. The third-order valence-corrected chi connectivity index (χ3v) is 2.39. The number of benzene rings is 1. The molecular formula is C11H9NO5. The van der Waals surface area contributed by atoms with E-state index in [1.807, 2.05) is 0 Å². The smallest absolute Gasteiger partial charge is 0.339 e. The molecule has 0 unspecified atom stereocenters. The molecule has 1 aromatic carbocycles. The van der Waals surface area contributed by atoms with Crippen LogP contribution in [0.2, 0.25) is 0 Å². The molecule has 2 aromatic rings. The summed E-state index contributed by atoms with van der Waals surface area (Å²) in [6.07, 6.45) is 0.